The normalized spacial score (nSPS) is 11.6. The van der Waals surface area contributed by atoms with Crippen molar-refractivity contribution >= 4 is 43.1 Å². The van der Waals surface area contributed by atoms with Crippen molar-refractivity contribution in [2.45, 2.75) is 6.92 Å². The van der Waals surface area contributed by atoms with E-state index in [0.29, 0.717) is 11.1 Å². The molecule has 0 atom stereocenters. The molecular formula is C49H28N2. The largest absolute Gasteiger partial charge is 0.192 e. The molecule has 0 N–H and O–H groups in total. The van der Waals surface area contributed by atoms with Crippen LogP contribution in [0, 0.1) is 29.6 Å². The van der Waals surface area contributed by atoms with E-state index in [1.165, 1.54) is 71.1 Å². The van der Waals surface area contributed by atoms with E-state index in [-0.39, 0.29) is 0 Å². The van der Waals surface area contributed by atoms with Gasteiger partial charge < -0.3 is 0 Å². The van der Waals surface area contributed by atoms with Crippen LogP contribution in [0.1, 0.15) is 16.7 Å². The molecule has 0 unspecified atom stereocenters. The first kappa shape index (κ1) is 29.0. The zero-order valence-corrected chi connectivity index (χ0v) is 27.8. The molecule has 0 aliphatic heterocycles. The lowest BCUT2D eigenvalue weighted by molar-refractivity contribution is 1.47. The molecule has 2 nitrogen and oxygen atoms in total. The predicted octanol–water partition coefficient (Wildman–Crippen LogP) is 13.0. The smallest absolute Gasteiger partial charge is 0.0991 e. The first-order valence-corrected chi connectivity index (χ1v) is 17.2. The molecule has 0 heterocycles. The van der Waals surface area contributed by atoms with Crippen LogP contribution >= 0.6 is 0 Å². The van der Waals surface area contributed by atoms with E-state index in [1.54, 1.807) is 0 Å². The average molecular weight is 645 g/mol. The fourth-order valence-electron chi connectivity index (χ4n) is 8.18. The molecule has 0 aromatic heterocycles. The minimum Gasteiger partial charge on any atom is -0.192 e. The molecule has 51 heavy (non-hydrogen) atoms. The molecule has 0 radical (unpaired) electrons. The average Bonchev–Trinajstić information content (AvgIpc) is 3.50. The van der Waals surface area contributed by atoms with Gasteiger partial charge in [0.1, 0.15) is 0 Å². The van der Waals surface area contributed by atoms with Crippen molar-refractivity contribution in [3.8, 4) is 67.8 Å². The third-order valence-electron chi connectivity index (χ3n) is 10.7. The topological polar surface area (TPSA) is 47.6 Å². The summed E-state index contributed by atoms with van der Waals surface area (Å²) in [5.74, 6) is 0. The molecule has 0 saturated heterocycles. The summed E-state index contributed by atoms with van der Waals surface area (Å²) in [7, 11) is 0. The van der Waals surface area contributed by atoms with Gasteiger partial charge in [-0.15, -0.1) is 0 Å². The van der Waals surface area contributed by atoms with Crippen LogP contribution in [-0.2, 0) is 0 Å². The maximum absolute atomic E-state index is 9.60. The third-order valence-corrected chi connectivity index (χ3v) is 10.7. The molecule has 0 fully saturated rings. The number of rotatable bonds is 3. The Bertz CT molecular complexity index is 3000. The van der Waals surface area contributed by atoms with E-state index in [4.69, 9.17) is 0 Å². The zero-order chi connectivity index (χ0) is 34.2. The summed E-state index contributed by atoms with van der Waals surface area (Å²) in [5.41, 5.74) is 14.3. The summed E-state index contributed by atoms with van der Waals surface area (Å²) in [5, 5.41) is 28.8. The minimum atomic E-state index is 0.644. The Hall–Kier alpha value is -7.00. The van der Waals surface area contributed by atoms with Gasteiger partial charge in [-0.1, -0.05) is 103 Å². The first-order valence-electron chi connectivity index (χ1n) is 17.2. The van der Waals surface area contributed by atoms with Gasteiger partial charge in [-0.2, -0.15) is 10.5 Å². The van der Waals surface area contributed by atoms with Crippen molar-refractivity contribution < 1.29 is 0 Å². The Morgan fingerprint density at radius 2 is 0.804 bits per heavy atom. The number of aryl methyl sites for hydroxylation is 1. The van der Waals surface area contributed by atoms with Crippen LogP contribution in [0.2, 0.25) is 0 Å². The SMILES string of the molecule is Cc1ccc(-c2ccc3c(c2)c(-c2ccc(C#N)cc2)cc2c4cc5c(cc4c(-c4ccc(C#N)cc4)cc32)-c2cccc3cccc-5c23)cc1. The molecule has 0 saturated carbocycles. The van der Waals surface area contributed by atoms with Crippen LogP contribution in [0.3, 0.4) is 0 Å². The molecule has 9 aromatic rings. The summed E-state index contributed by atoms with van der Waals surface area (Å²) in [4.78, 5) is 0. The highest BCUT2D eigenvalue weighted by Gasteiger charge is 2.24. The third kappa shape index (κ3) is 4.41. The van der Waals surface area contributed by atoms with Crippen molar-refractivity contribution in [1.29, 1.82) is 10.5 Å². The van der Waals surface area contributed by atoms with Crippen molar-refractivity contribution in [3.05, 3.63) is 168 Å². The predicted molar refractivity (Wildman–Crippen MR) is 211 cm³/mol. The lowest BCUT2D eigenvalue weighted by Crippen LogP contribution is -1.91. The number of benzene rings is 9. The maximum Gasteiger partial charge on any atom is 0.0991 e. The van der Waals surface area contributed by atoms with Gasteiger partial charge in [0, 0.05) is 0 Å². The molecule has 9 aromatic carbocycles. The zero-order valence-electron chi connectivity index (χ0n) is 27.8. The second kappa shape index (κ2) is 11.0. The lowest BCUT2D eigenvalue weighted by atomic mass is 9.85. The summed E-state index contributed by atoms with van der Waals surface area (Å²) in [6.45, 7) is 2.11. The molecule has 0 amide bonds. The number of nitriles is 2. The summed E-state index contributed by atoms with van der Waals surface area (Å²) >= 11 is 0. The number of hydrogen-bond acceptors (Lipinski definition) is 2. The Labute approximate surface area is 295 Å². The van der Waals surface area contributed by atoms with Crippen molar-refractivity contribution in [1.82, 2.24) is 0 Å². The molecule has 0 spiro atoms. The van der Waals surface area contributed by atoms with E-state index in [2.05, 4.69) is 146 Å². The molecular weight excluding hydrogens is 617 g/mol. The maximum atomic E-state index is 9.60. The Balaban J connectivity index is 1.35. The van der Waals surface area contributed by atoms with Gasteiger partial charge >= 0.3 is 0 Å². The molecule has 1 aliphatic carbocycles. The van der Waals surface area contributed by atoms with Gasteiger partial charge in [0.15, 0.2) is 0 Å². The monoisotopic (exact) mass is 644 g/mol. The van der Waals surface area contributed by atoms with Crippen molar-refractivity contribution in [2.24, 2.45) is 0 Å². The van der Waals surface area contributed by atoms with E-state index >= 15 is 0 Å². The van der Waals surface area contributed by atoms with Gasteiger partial charge in [-0.05, 0) is 160 Å². The van der Waals surface area contributed by atoms with Gasteiger partial charge in [0.05, 0.1) is 23.3 Å². The highest BCUT2D eigenvalue weighted by molar-refractivity contribution is 6.27. The fourth-order valence-corrected chi connectivity index (χ4v) is 8.18. The van der Waals surface area contributed by atoms with E-state index in [0.717, 1.165) is 33.2 Å². The van der Waals surface area contributed by atoms with Gasteiger partial charge in [-0.25, -0.2) is 0 Å². The number of hydrogen-bond donors (Lipinski definition) is 0. The number of nitrogens with zero attached hydrogens (tertiary/aromatic N) is 2. The molecule has 10 rings (SSSR count). The Kier molecular flexibility index (Phi) is 6.25. The van der Waals surface area contributed by atoms with Crippen LogP contribution in [0.5, 0.6) is 0 Å². The first-order chi connectivity index (χ1) is 25.1. The quantitative estimate of drug-likeness (QED) is 0.180. The van der Waals surface area contributed by atoms with Gasteiger partial charge in [0.2, 0.25) is 0 Å². The van der Waals surface area contributed by atoms with E-state index in [1.807, 2.05) is 24.3 Å². The Morgan fingerprint density at radius 3 is 1.37 bits per heavy atom. The second-order valence-corrected chi connectivity index (χ2v) is 13.6. The van der Waals surface area contributed by atoms with Crippen LogP contribution in [0.15, 0.2) is 152 Å². The summed E-state index contributed by atoms with van der Waals surface area (Å²) in [6.07, 6.45) is 0. The number of fused-ring (bicyclic) bond motifs is 8. The van der Waals surface area contributed by atoms with E-state index < -0.39 is 0 Å². The molecule has 234 valence electrons. The fraction of sp³-hybridized carbons (Fsp3) is 0.0204. The van der Waals surface area contributed by atoms with Gasteiger partial charge in [-0.3, -0.25) is 0 Å². The standard InChI is InChI=1S/C49H28N2/c1-29-8-14-32(15-9-29)36-20-21-37-42(22-36)40(33-16-10-30(27-50)11-17-33)24-47-43(37)23-41(34-18-12-31(28-51)13-19-34)46-25-44-38-6-2-4-35-5-3-7-39(49(35)38)45(44)26-48(46)47/h2-26H,1H3. The van der Waals surface area contributed by atoms with Crippen molar-refractivity contribution in [3.63, 3.8) is 0 Å². The molecule has 1 aliphatic rings. The lowest BCUT2D eigenvalue weighted by Gasteiger charge is -2.18. The van der Waals surface area contributed by atoms with Crippen LogP contribution in [0.25, 0.3) is 98.7 Å². The van der Waals surface area contributed by atoms with Crippen LogP contribution in [0.4, 0.5) is 0 Å². The summed E-state index contributed by atoms with van der Waals surface area (Å²) in [6, 6.07) is 58.7. The van der Waals surface area contributed by atoms with Crippen LogP contribution in [-0.4, -0.2) is 0 Å². The highest BCUT2D eigenvalue weighted by Crippen LogP contribution is 2.51. The highest BCUT2D eigenvalue weighted by atomic mass is 14.3. The second-order valence-electron chi connectivity index (χ2n) is 13.6. The Morgan fingerprint density at radius 1 is 0.353 bits per heavy atom. The molecule has 2 heteroatoms. The molecule has 0 bridgehead atoms. The van der Waals surface area contributed by atoms with Crippen molar-refractivity contribution in [2.75, 3.05) is 0 Å². The summed E-state index contributed by atoms with van der Waals surface area (Å²) < 4.78 is 0. The minimum absolute atomic E-state index is 0.644. The van der Waals surface area contributed by atoms with Gasteiger partial charge in [0.25, 0.3) is 0 Å². The van der Waals surface area contributed by atoms with Crippen LogP contribution < -0.4 is 0 Å². The van der Waals surface area contributed by atoms with E-state index in [9.17, 15) is 10.5 Å².